The van der Waals surface area contributed by atoms with Crippen molar-refractivity contribution in [3.63, 3.8) is 0 Å². The molecule has 0 saturated heterocycles. The summed E-state index contributed by atoms with van der Waals surface area (Å²) in [5.41, 5.74) is 1.60. The average Bonchev–Trinajstić information content (AvgIpc) is 2.93. The fourth-order valence-electron chi connectivity index (χ4n) is 1.68. The summed E-state index contributed by atoms with van der Waals surface area (Å²) in [5, 5.41) is 14.4. The van der Waals surface area contributed by atoms with Crippen molar-refractivity contribution in [3.05, 3.63) is 29.8 Å². The van der Waals surface area contributed by atoms with Crippen molar-refractivity contribution in [3.8, 4) is 10.6 Å². The Morgan fingerprint density at radius 2 is 1.78 bits per heavy atom. The van der Waals surface area contributed by atoms with E-state index in [1.807, 2.05) is 31.2 Å². The van der Waals surface area contributed by atoms with Crippen molar-refractivity contribution >= 4 is 28.3 Å². The van der Waals surface area contributed by atoms with Crippen LogP contribution in [0.25, 0.3) is 10.6 Å². The highest BCUT2D eigenvalue weighted by molar-refractivity contribution is 7.18. The van der Waals surface area contributed by atoms with Gasteiger partial charge in [0, 0.05) is 11.0 Å². The second-order valence-corrected chi connectivity index (χ2v) is 7.24. The van der Waals surface area contributed by atoms with Gasteiger partial charge in [-0.2, -0.15) is 0 Å². The fraction of sp³-hybridized carbons (Fsp3) is 0.375. The number of amides is 2. The molecule has 122 valence electrons. The first kappa shape index (κ1) is 17.1. The van der Waals surface area contributed by atoms with Gasteiger partial charge in [0.25, 0.3) is 0 Å². The van der Waals surface area contributed by atoms with Gasteiger partial charge in [0.15, 0.2) is 0 Å². The Morgan fingerprint density at radius 1 is 1.13 bits per heavy atom. The van der Waals surface area contributed by atoms with Crippen LogP contribution < -0.4 is 10.6 Å². The molecule has 2 aromatic rings. The number of aryl methyl sites for hydroxylation is 1. The summed E-state index contributed by atoms with van der Waals surface area (Å²) >= 11 is 1.29. The lowest BCUT2D eigenvalue weighted by Gasteiger charge is -2.16. The largest absolute Gasteiger partial charge is 0.347 e. The third-order valence-corrected chi connectivity index (χ3v) is 3.95. The molecule has 7 heteroatoms. The average molecular weight is 332 g/mol. The van der Waals surface area contributed by atoms with Crippen molar-refractivity contribution in [1.29, 1.82) is 0 Å². The molecule has 0 aliphatic heterocycles. The second-order valence-electron chi connectivity index (χ2n) is 6.26. The van der Waals surface area contributed by atoms with Crippen LogP contribution in [0.5, 0.6) is 0 Å². The predicted octanol–water partition coefficient (Wildman–Crippen LogP) is 2.61. The third-order valence-electron chi connectivity index (χ3n) is 3.06. The molecule has 6 nitrogen and oxygen atoms in total. The van der Waals surface area contributed by atoms with Gasteiger partial charge in [-0.1, -0.05) is 61.9 Å². The van der Waals surface area contributed by atoms with Crippen LogP contribution >= 0.6 is 11.3 Å². The minimum absolute atomic E-state index is 0.0877. The molecule has 1 aromatic carbocycles. The molecule has 0 saturated carbocycles. The van der Waals surface area contributed by atoms with Gasteiger partial charge in [0.05, 0.1) is 6.54 Å². The highest BCUT2D eigenvalue weighted by atomic mass is 32.1. The summed E-state index contributed by atoms with van der Waals surface area (Å²) in [6, 6.07) is 7.92. The number of carbonyl (C=O) groups is 2. The minimum Gasteiger partial charge on any atom is -0.347 e. The Labute approximate surface area is 139 Å². The highest BCUT2D eigenvalue weighted by Gasteiger charge is 2.21. The number of nitrogens with one attached hydrogen (secondary N) is 2. The van der Waals surface area contributed by atoms with Crippen LogP contribution in [0, 0.1) is 12.3 Å². The molecule has 2 rings (SSSR count). The summed E-state index contributed by atoms with van der Waals surface area (Å²) in [7, 11) is 0. The van der Waals surface area contributed by atoms with Crippen molar-refractivity contribution in [2.75, 3.05) is 11.9 Å². The minimum atomic E-state index is -0.526. The van der Waals surface area contributed by atoms with Crippen LogP contribution in [-0.4, -0.2) is 28.6 Å². The van der Waals surface area contributed by atoms with Crippen LogP contribution in [0.2, 0.25) is 0 Å². The molecular formula is C16H20N4O2S. The molecule has 0 aliphatic rings. The molecule has 2 amide bonds. The third kappa shape index (κ3) is 4.85. The summed E-state index contributed by atoms with van der Waals surface area (Å²) in [5.74, 6) is -0.500. The van der Waals surface area contributed by atoms with E-state index < -0.39 is 5.41 Å². The number of hydrogen-bond acceptors (Lipinski definition) is 5. The maximum atomic E-state index is 11.8. The normalized spacial score (nSPS) is 11.1. The lowest BCUT2D eigenvalue weighted by molar-refractivity contribution is -0.130. The second kappa shape index (κ2) is 6.87. The van der Waals surface area contributed by atoms with E-state index in [1.54, 1.807) is 20.8 Å². The summed E-state index contributed by atoms with van der Waals surface area (Å²) < 4.78 is 0. The maximum Gasteiger partial charge on any atom is 0.245 e. The van der Waals surface area contributed by atoms with E-state index in [9.17, 15) is 9.59 Å². The number of hydrogen-bond donors (Lipinski definition) is 2. The van der Waals surface area contributed by atoms with Crippen molar-refractivity contribution in [2.24, 2.45) is 5.41 Å². The first-order chi connectivity index (χ1) is 10.8. The number of carbonyl (C=O) groups excluding carboxylic acids is 2. The van der Waals surface area contributed by atoms with Gasteiger partial charge in [-0.3, -0.25) is 14.9 Å². The fourth-order valence-corrected chi connectivity index (χ4v) is 2.44. The molecule has 0 aliphatic carbocycles. The highest BCUT2D eigenvalue weighted by Crippen LogP contribution is 2.26. The van der Waals surface area contributed by atoms with E-state index >= 15 is 0 Å². The quantitative estimate of drug-likeness (QED) is 0.901. The Balaban J connectivity index is 1.93. The van der Waals surface area contributed by atoms with Crippen LogP contribution in [0.3, 0.4) is 0 Å². The van der Waals surface area contributed by atoms with Crippen molar-refractivity contribution < 1.29 is 9.59 Å². The van der Waals surface area contributed by atoms with Gasteiger partial charge in [0.2, 0.25) is 16.9 Å². The molecule has 0 fully saturated rings. The van der Waals surface area contributed by atoms with Gasteiger partial charge in [-0.15, -0.1) is 10.2 Å². The van der Waals surface area contributed by atoms with Gasteiger partial charge in [-0.25, -0.2) is 0 Å². The van der Waals surface area contributed by atoms with Crippen molar-refractivity contribution in [2.45, 2.75) is 27.7 Å². The van der Waals surface area contributed by atoms with Gasteiger partial charge >= 0.3 is 0 Å². The van der Waals surface area contributed by atoms with Gasteiger partial charge in [0.1, 0.15) is 5.01 Å². The van der Waals surface area contributed by atoms with Crippen LogP contribution in [0.15, 0.2) is 24.3 Å². The molecule has 23 heavy (non-hydrogen) atoms. The molecule has 0 spiro atoms. The zero-order valence-corrected chi connectivity index (χ0v) is 14.5. The topological polar surface area (TPSA) is 84.0 Å². The van der Waals surface area contributed by atoms with Crippen LogP contribution in [0.4, 0.5) is 5.13 Å². The Morgan fingerprint density at radius 3 is 2.39 bits per heavy atom. The van der Waals surface area contributed by atoms with Crippen LogP contribution in [0.1, 0.15) is 26.3 Å². The first-order valence-electron chi connectivity index (χ1n) is 7.24. The number of rotatable bonds is 4. The van der Waals surface area contributed by atoms with Crippen molar-refractivity contribution in [1.82, 2.24) is 15.5 Å². The first-order valence-corrected chi connectivity index (χ1v) is 8.06. The Bertz CT molecular complexity index is 702. The zero-order chi connectivity index (χ0) is 17.0. The molecule has 0 radical (unpaired) electrons. The monoisotopic (exact) mass is 332 g/mol. The number of anilines is 1. The zero-order valence-electron chi connectivity index (χ0n) is 13.6. The molecule has 0 bridgehead atoms. The summed E-state index contributed by atoms with van der Waals surface area (Å²) in [6.45, 7) is 7.30. The lowest BCUT2D eigenvalue weighted by atomic mass is 9.96. The smallest absolute Gasteiger partial charge is 0.245 e. The van der Waals surface area contributed by atoms with E-state index in [0.29, 0.717) is 5.13 Å². The van der Waals surface area contributed by atoms with E-state index in [2.05, 4.69) is 20.8 Å². The van der Waals surface area contributed by atoms with Gasteiger partial charge in [-0.05, 0) is 6.92 Å². The van der Waals surface area contributed by atoms with E-state index in [0.717, 1.165) is 10.6 Å². The van der Waals surface area contributed by atoms with Gasteiger partial charge < -0.3 is 5.32 Å². The van der Waals surface area contributed by atoms with Crippen LogP contribution in [-0.2, 0) is 9.59 Å². The van der Waals surface area contributed by atoms with E-state index in [-0.39, 0.29) is 18.4 Å². The molecule has 1 heterocycles. The SMILES string of the molecule is Cc1ccc(-c2nnc(NC(=O)CNC(=O)C(C)(C)C)s2)cc1. The predicted molar refractivity (Wildman–Crippen MR) is 91.2 cm³/mol. The number of aromatic nitrogens is 2. The molecular weight excluding hydrogens is 312 g/mol. The maximum absolute atomic E-state index is 11.8. The van der Waals surface area contributed by atoms with E-state index in [4.69, 9.17) is 0 Å². The molecule has 0 unspecified atom stereocenters. The molecule has 1 aromatic heterocycles. The Kier molecular flexibility index (Phi) is 5.10. The number of nitrogens with zero attached hydrogens (tertiary/aromatic N) is 2. The summed E-state index contributed by atoms with van der Waals surface area (Å²) in [4.78, 5) is 23.6. The molecule has 0 atom stereocenters. The lowest BCUT2D eigenvalue weighted by Crippen LogP contribution is -2.39. The number of benzene rings is 1. The van der Waals surface area contributed by atoms with E-state index in [1.165, 1.54) is 16.9 Å². The summed E-state index contributed by atoms with van der Waals surface area (Å²) in [6.07, 6.45) is 0. The Hall–Kier alpha value is -2.28. The molecule has 2 N–H and O–H groups in total. The standard InChI is InChI=1S/C16H20N4O2S/c1-10-5-7-11(8-6-10)13-19-20-15(23-13)18-12(21)9-17-14(22)16(2,3)4/h5-8H,9H2,1-4H3,(H,17,22)(H,18,20,21).